The molecule has 4 amide bonds. The van der Waals surface area contributed by atoms with E-state index in [2.05, 4.69) is 25.5 Å². The molecule has 0 radical (unpaired) electrons. The standard InChI is InChI=1S/C18H18N6O8S2/c19-17(30)31-3-7-4-33-15-11(14(27)24(15)12(7)16(28)29)22-13(26)10(23-32-8-1-2-8)9-5-34-18(21-9)20-6-25/h5-6,8,11,15H,1-4H2,(H2,19,30)(H,22,26)(H,28,29)(H,20,21,25)/t11-,15+/m1/s1. The second kappa shape index (κ2) is 9.68. The van der Waals surface area contributed by atoms with E-state index in [1.165, 1.54) is 17.1 Å². The number of fused-ring (bicyclic) bond motifs is 1. The molecule has 0 bridgehead atoms. The van der Waals surface area contributed by atoms with Gasteiger partial charge in [0, 0.05) is 16.7 Å². The number of nitrogens with zero attached hydrogens (tertiary/aromatic N) is 3. The minimum atomic E-state index is -1.37. The summed E-state index contributed by atoms with van der Waals surface area (Å²) in [4.78, 5) is 69.6. The molecule has 1 saturated heterocycles. The Bertz CT molecular complexity index is 1110. The van der Waals surface area contributed by atoms with Crippen LogP contribution in [0.25, 0.3) is 0 Å². The Balaban J connectivity index is 1.50. The number of carbonyl (C=O) groups is 5. The summed E-state index contributed by atoms with van der Waals surface area (Å²) < 4.78 is 4.68. The number of thioether (sulfide) groups is 1. The Morgan fingerprint density at radius 3 is 2.79 bits per heavy atom. The summed E-state index contributed by atoms with van der Waals surface area (Å²) in [6, 6.07) is -1.03. The normalized spacial score (nSPS) is 21.8. The highest BCUT2D eigenvalue weighted by Gasteiger charge is 2.54. The van der Waals surface area contributed by atoms with Gasteiger partial charge in [0.05, 0.1) is 0 Å². The van der Waals surface area contributed by atoms with Gasteiger partial charge in [-0.3, -0.25) is 19.3 Å². The van der Waals surface area contributed by atoms with Gasteiger partial charge in [0.2, 0.25) is 6.41 Å². The van der Waals surface area contributed by atoms with E-state index in [9.17, 15) is 29.1 Å². The van der Waals surface area contributed by atoms with Gasteiger partial charge in [0.15, 0.2) is 10.8 Å². The van der Waals surface area contributed by atoms with Crippen LogP contribution < -0.4 is 16.4 Å². The molecule has 2 atom stereocenters. The van der Waals surface area contributed by atoms with Crippen LogP contribution in [0.2, 0.25) is 0 Å². The van der Waals surface area contributed by atoms with Crippen molar-refractivity contribution >= 4 is 64.2 Å². The molecule has 0 spiro atoms. The highest BCUT2D eigenvalue weighted by atomic mass is 32.2. The van der Waals surface area contributed by atoms with E-state index in [4.69, 9.17) is 10.6 Å². The number of aromatic nitrogens is 1. The van der Waals surface area contributed by atoms with Gasteiger partial charge in [-0.2, -0.15) is 0 Å². The number of carbonyl (C=O) groups excluding carboxylic acids is 4. The highest BCUT2D eigenvalue weighted by Crippen LogP contribution is 2.40. The molecule has 1 aliphatic carbocycles. The summed E-state index contributed by atoms with van der Waals surface area (Å²) in [7, 11) is 0. The molecule has 2 aliphatic heterocycles. The third-order valence-corrected chi connectivity index (χ3v) is 7.00. The van der Waals surface area contributed by atoms with Gasteiger partial charge in [-0.1, -0.05) is 5.16 Å². The first-order valence-electron chi connectivity index (χ1n) is 9.83. The zero-order valence-corrected chi connectivity index (χ0v) is 18.9. The molecule has 3 heterocycles. The lowest BCUT2D eigenvalue weighted by atomic mass is 10.0. The topological polar surface area (TPSA) is 203 Å². The molecule has 4 rings (SSSR count). The molecule has 0 unspecified atom stereocenters. The second-order valence-electron chi connectivity index (χ2n) is 7.27. The molecular weight excluding hydrogens is 492 g/mol. The summed E-state index contributed by atoms with van der Waals surface area (Å²) in [5.74, 6) is -2.62. The number of ether oxygens (including phenoxy) is 1. The number of aliphatic carboxylic acids is 1. The van der Waals surface area contributed by atoms with Gasteiger partial charge in [-0.25, -0.2) is 14.6 Å². The number of hydrogen-bond acceptors (Lipinski definition) is 11. The number of hydrogen-bond donors (Lipinski definition) is 4. The molecule has 1 aromatic heterocycles. The molecule has 180 valence electrons. The van der Waals surface area contributed by atoms with Crippen molar-refractivity contribution in [1.82, 2.24) is 15.2 Å². The molecule has 0 aromatic carbocycles. The van der Waals surface area contributed by atoms with E-state index in [-0.39, 0.29) is 46.3 Å². The van der Waals surface area contributed by atoms with Gasteiger partial charge >= 0.3 is 12.1 Å². The molecule has 1 aromatic rings. The minimum absolute atomic E-state index is 0.104. The zero-order valence-electron chi connectivity index (χ0n) is 17.3. The van der Waals surface area contributed by atoms with Crippen LogP contribution in [0.5, 0.6) is 0 Å². The summed E-state index contributed by atoms with van der Waals surface area (Å²) in [6.45, 7) is -0.367. The number of oxime groups is 1. The lowest BCUT2D eigenvalue weighted by Gasteiger charge is -2.49. The average Bonchev–Trinajstić information content (AvgIpc) is 3.52. The van der Waals surface area contributed by atoms with Crippen LogP contribution in [0.1, 0.15) is 18.5 Å². The number of amides is 4. The Kier molecular flexibility index (Phi) is 6.69. The Morgan fingerprint density at radius 1 is 1.38 bits per heavy atom. The molecular formula is C18H18N6O8S2. The molecule has 14 nitrogen and oxygen atoms in total. The quantitative estimate of drug-likeness (QED) is 0.137. The Labute approximate surface area is 199 Å². The fourth-order valence-electron chi connectivity index (χ4n) is 3.17. The van der Waals surface area contributed by atoms with Crippen molar-refractivity contribution in [3.05, 3.63) is 22.3 Å². The van der Waals surface area contributed by atoms with Crippen LogP contribution in [0.4, 0.5) is 9.93 Å². The fourth-order valence-corrected chi connectivity index (χ4v) is 5.15. The summed E-state index contributed by atoms with van der Waals surface area (Å²) >= 11 is 2.27. The maximum atomic E-state index is 13.0. The van der Waals surface area contributed by atoms with Crippen molar-refractivity contribution in [3.63, 3.8) is 0 Å². The van der Waals surface area contributed by atoms with Crippen molar-refractivity contribution < 1.29 is 38.7 Å². The predicted molar refractivity (Wildman–Crippen MR) is 118 cm³/mol. The number of thiazole rings is 1. The highest BCUT2D eigenvalue weighted by molar-refractivity contribution is 8.00. The second-order valence-corrected chi connectivity index (χ2v) is 9.23. The average molecular weight is 511 g/mol. The van der Waals surface area contributed by atoms with Crippen LogP contribution in [-0.2, 0) is 28.8 Å². The maximum absolute atomic E-state index is 13.0. The van der Waals surface area contributed by atoms with Crippen molar-refractivity contribution in [2.24, 2.45) is 10.9 Å². The first kappa shape index (κ1) is 23.5. The van der Waals surface area contributed by atoms with E-state index in [1.807, 2.05) is 0 Å². The fraction of sp³-hybridized carbons (Fsp3) is 0.389. The predicted octanol–water partition coefficient (Wildman–Crippen LogP) is -0.572. The Morgan fingerprint density at radius 2 is 2.15 bits per heavy atom. The molecule has 5 N–H and O–H groups in total. The van der Waals surface area contributed by atoms with Crippen LogP contribution in [0, 0.1) is 0 Å². The number of β-lactam (4-membered cyclic amide) rings is 1. The van der Waals surface area contributed by atoms with E-state index >= 15 is 0 Å². The third-order valence-electron chi connectivity index (χ3n) is 4.89. The molecule has 1 saturated carbocycles. The van der Waals surface area contributed by atoms with E-state index in [0.717, 1.165) is 29.1 Å². The third kappa shape index (κ3) is 4.81. The summed E-state index contributed by atoms with van der Waals surface area (Å²) in [5.41, 5.74) is 4.80. The Hall–Kier alpha value is -3.66. The zero-order chi connectivity index (χ0) is 24.4. The molecule has 34 heavy (non-hydrogen) atoms. The van der Waals surface area contributed by atoms with Crippen LogP contribution in [-0.4, -0.2) is 80.9 Å². The smallest absolute Gasteiger partial charge is 0.404 e. The number of anilines is 1. The molecule has 16 heteroatoms. The number of primary amides is 1. The summed E-state index contributed by atoms with van der Waals surface area (Å²) in [5, 5.41) is 19.5. The minimum Gasteiger partial charge on any atom is -0.477 e. The van der Waals surface area contributed by atoms with Gasteiger partial charge in [0.1, 0.15) is 35.5 Å². The van der Waals surface area contributed by atoms with Crippen molar-refractivity contribution in [2.75, 3.05) is 17.7 Å². The van der Waals surface area contributed by atoms with Crippen molar-refractivity contribution in [3.8, 4) is 0 Å². The molecule has 3 aliphatic rings. The van der Waals surface area contributed by atoms with Gasteiger partial charge < -0.3 is 31.0 Å². The van der Waals surface area contributed by atoms with E-state index < -0.39 is 35.3 Å². The van der Waals surface area contributed by atoms with Crippen molar-refractivity contribution in [1.29, 1.82) is 0 Å². The van der Waals surface area contributed by atoms with E-state index in [1.54, 1.807) is 0 Å². The van der Waals surface area contributed by atoms with Crippen LogP contribution in [0.15, 0.2) is 21.8 Å². The SMILES string of the molecule is NC(=O)OCC1=C(C(=O)O)N2C(=O)[C@@H](NC(=O)C(=NOC3CC3)c3csc(NC=O)n3)[C@@H]2SC1. The lowest BCUT2D eigenvalue weighted by molar-refractivity contribution is -0.150. The number of nitrogens with two attached hydrogens (primary N) is 1. The van der Waals surface area contributed by atoms with Gasteiger partial charge in [-0.15, -0.1) is 23.1 Å². The largest absolute Gasteiger partial charge is 0.477 e. The maximum Gasteiger partial charge on any atom is 0.404 e. The van der Waals surface area contributed by atoms with Gasteiger partial charge in [-0.05, 0) is 12.8 Å². The van der Waals surface area contributed by atoms with Crippen molar-refractivity contribution in [2.45, 2.75) is 30.4 Å². The van der Waals surface area contributed by atoms with Crippen LogP contribution >= 0.6 is 23.1 Å². The number of carboxylic acids is 1. The lowest BCUT2D eigenvalue weighted by Crippen LogP contribution is -2.71. The van der Waals surface area contributed by atoms with Crippen LogP contribution in [0.3, 0.4) is 0 Å². The van der Waals surface area contributed by atoms with Gasteiger partial charge in [0.25, 0.3) is 11.8 Å². The van der Waals surface area contributed by atoms with E-state index in [0.29, 0.717) is 6.41 Å². The monoisotopic (exact) mass is 510 g/mol. The summed E-state index contributed by atoms with van der Waals surface area (Å²) in [6.07, 6.45) is 0.868. The number of carboxylic acid groups (broad SMARTS) is 1. The first-order valence-corrected chi connectivity index (χ1v) is 11.8. The number of nitrogens with one attached hydrogen (secondary N) is 2. The molecule has 2 fully saturated rings. The first-order chi connectivity index (χ1) is 16.3. The number of rotatable bonds is 10.